The van der Waals surface area contributed by atoms with Crippen LogP contribution in [0.4, 0.5) is 13.2 Å². The minimum Gasteiger partial charge on any atom is -0.166 e. The van der Waals surface area contributed by atoms with E-state index >= 15 is 0 Å². The quantitative estimate of drug-likeness (QED) is 0.741. The standard InChI is InChI=1S/C16H11F3N4/c17-16(18,19)13-8-6-12(7-9-13)15-22-20-14(21-23-15)10-11-4-2-1-3-5-11/h1-9H,10H2. The Hall–Kier alpha value is -2.83. The number of hydrogen-bond donors (Lipinski definition) is 0. The molecule has 3 rings (SSSR count). The van der Waals surface area contributed by atoms with Gasteiger partial charge in [-0.1, -0.05) is 42.5 Å². The predicted molar refractivity (Wildman–Crippen MR) is 77.3 cm³/mol. The van der Waals surface area contributed by atoms with Crippen LogP contribution in [-0.2, 0) is 12.6 Å². The summed E-state index contributed by atoms with van der Waals surface area (Å²) in [7, 11) is 0. The maximum absolute atomic E-state index is 12.5. The summed E-state index contributed by atoms with van der Waals surface area (Å²) in [5.41, 5.74) is 0.741. The van der Waals surface area contributed by atoms with Crippen molar-refractivity contribution in [3.05, 3.63) is 71.5 Å². The highest BCUT2D eigenvalue weighted by atomic mass is 19.4. The number of hydrogen-bond acceptors (Lipinski definition) is 4. The number of aromatic nitrogens is 4. The summed E-state index contributed by atoms with van der Waals surface area (Å²) in [5.74, 6) is 0.641. The lowest BCUT2D eigenvalue weighted by Gasteiger charge is -2.06. The van der Waals surface area contributed by atoms with Crippen molar-refractivity contribution in [2.45, 2.75) is 12.6 Å². The van der Waals surface area contributed by atoms with Gasteiger partial charge in [-0.25, -0.2) is 0 Å². The molecule has 0 N–H and O–H groups in total. The number of halogens is 3. The van der Waals surface area contributed by atoms with Crippen LogP contribution in [0, 0.1) is 0 Å². The van der Waals surface area contributed by atoms with Crippen LogP contribution < -0.4 is 0 Å². The maximum Gasteiger partial charge on any atom is 0.416 e. The summed E-state index contributed by atoms with van der Waals surface area (Å²) in [6, 6.07) is 14.2. The van der Waals surface area contributed by atoms with Crippen LogP contribution in [0.3, 0.4) is 0 Å². The minimum atomic E-state index is -4.37. The summed E-state index contributed by atoms with van der Waals surface area (Å²) < 4.78 is 37.6. The van der Waals surface area contributed by atoms with Crippen LogP contribution in [0.2, 0.25) is 0 Å². The summed E-state index contributed by atoms with van der Waals surface area (Å²) in [4.78, 5) is 0. The van der Waals surface area contributed by atoms with E-state index in [1.807, 2.05) is 30.3 Å². The highest BCUT2D eigenvalue weighted by molar-refractivity contribution is 5.54. The second kappa shape index (κ2) is 6.12. The van der Waals surface area contributed by atoms with E-state index in [4.69, 9.17) is 0 Å². The second-order valence-corrected chi connectivity index (χ2v) is 4.88. The molecule has 0 unspecified atom stereocenters. The first-order chi connectivity index (χ1) is 11.0. The van der Waals surface area contributed by atoms with E-state index in [0.717, 1.165) is 17.7 Å². The SMILES string of the molecule is FC(F)(F)c1ccc(-c2nnc(Cc3ccccc3)nn2)cc1. The summed E-state index contributed by atoms with van der Waals surface area (Å²) >= 11 is 0. The second-order valence-electron chi connectivity index (χ2n) is 4.88. The van der Waals surface area contributed by atoms with E-state index in [2.05, 4.69) is 20.4 Å². The van der Waals surface area contributed by atoms with Gasteiger partial charge in [0.1, 0.15) is 0 Å². The van der Waals surface area contributed by atoms with Crippen LogP contribution in [0.1, 0.15) is 17.0 Å². The van der Waals surface area contributed by atoms with Gasteiger partial charge in [0.25, 0.3) is 0 Å². The Morgan fingerprint density at radius 2 is 1.35 bits per heavy atom. The molecule has 1 aromatic heterocycles. The molecule has 0 fully saturated rings. The maximum atomic E-state index is 12.5. The fourth-order valence-corrected chi connectivity index (χ4v) is 2.02. The van der Waals surface area contributed by atoms with E-state index in [-0.39, 0.29) is 5.82 Å². The van der Waals surface area contributed by atoms with Gasteiger partial charge in [0, 0.05) is 12.0 Å². The third-order valence-electron chi connectivity index (χ3n) is 3.20. The van der Waals surface area contributed by atoms with Gasteiger partial charge in [-0.3, -0.25) is 0 Å². The molecule has 0 amide bonds. The molecule has 0 aliphatic rings. The van der Waals surface area contributed by atoms with Crippen molar-refractivity contribution in [3.8, 4) is 11.4 Å². The number of benzene rings is 2. The number of alkyl halides is 3. The van der Waals surface area contributed by atoms with Crippen molar-refractivity contribution in [3.63, 3.8) is 0 Å². The first-order valence-electron chi connectivity index (χ1n) is 6.80. The smallest absolute Gasteiger partial charge is 0.166 e. The van der Waals surface area contributed by atoms with E-state index in [0.29, 0.717) is 17.8 Å². The van der Waals surface area contributed by atoms with E-state index < -0.39 is 11.7 Å². The molecule has 0 aliphatic heterocycles. The van der Waals surface area contributed by atoms with Gasteiger partial charge < -0.3 is 0 Å². The Kier molecular flexibility index (Phi) is 4.01. The normalized spacial score (nSPS) is 11.4. The van der Waals surface area contributed by atoms with Crippen molar-refractivity contribution in [1.82, 2.24) is 20.4 Å². The molecule has 0 atom stereocenters. The molecule has 7 heteroatoms. The summed E-state index contributed by atoms with van der Waals surface area (Å²) in [5, 5.41) is 15.8. The Labute approximate surface area is 130 Å². The Bertz CT molecular complexity index is 769. The third-order valence-corrected chi connectivity index (χ3v) is 3.20. The van der Waals surface area contributed by atoms with Crippen molar-refractivity contribution in [2.75, 3.05) is 0 Å². The first kappa shape index (κ1) is 15.1. The fourth-order valence-electron chi connectivity index (χ4n) is 2.02. The number of rotatable bonds is 3. The molecule has 4 nitrogen and oxygen atoms in total. The van der Waals surface area contributed by atoms with Gasteiger partial charge in [0.05, 0.1) is 5.56 Å². The average Bonchev–Trinajstić information content (AvgIpc) is 2.56. The molecular formula is C16H11F3N4. The van der Waals surface area contributed by atoms with Crippen molar-refractivity contribution < 1.29 is 13.2 Å². The lowest BCUT2D eigenvalue weighted by Crippen LogP contribution is -2.05. The zero-order valence-electron chi connectivity index (χ0n) is 11.8. The van der Waals surface area contributed by atoms with Crippen molar-refractivity contribution in [1.29, 1.82) is 0 Å². The van der Waals surface area contributed by atoms with Crippen LogP contribution in [-0.4, -0.2) is 20.4 Å². The molecule has 116 valence electrons. The van der Waals surface area contributed by atoms with E-state index in [9.17, 15) is 13.2 Å². The molecule has 0 radical (unpaired) electrons. The third kappa shape index (κ3) is 3.68. The largest absolute Gasteiger partial charge is 0.416 e. The average molecular weight is 316 g/mol. The summed E-state index contributed by atoms with van der Waals surface area (Å²) in [6.45, 7) is 0. The molecule has 3 aromatic rings. The zero-order chi connectivity index (χ0) is 16.3. The molecule has 1 heterocycles. The minimum absolute atomic E-state index is 0.190. The van der Waals surface area contributed by atoms with E-state index in [1.165, 1.54) is 12.1 Å². The monoisotopic (exact) mass is 316 g/mol. The molecule has 0 spiro atoms. The lowest BCUT2D eigenvalue weighted by molar-refractivity contribution is -0.137. The van der Waals surface area contributed by atoms with Gasteiger partial charge in [-0.2, -0.15) is 13.2 Å². The molecular weight excluding hydrogens is 305 g/mol. The lowest BCUT2D eigenvalue weighted by atomic mass is 10.1. The van der Waals surface area contributed by atoms with Gasteiger partial charge >= 0.3 is 6.18 Å². The van der Waals surface area contributed by atoms with Gasteiger partial charge in [-0.05, 0) is 17.7 Å². The molecule has 23 heavy (non-hydrogen) atoms. The van der Waals surface area contributed by atoms with Crippen molar-refractivity contribution >= 4 is 0 Å². The fraction of sp³-hybridized carbons (Fsp3) is 0.125. The molecule has 0 bridgehead atoms. The van der Waals surface area contributed by atoms with Crippen LogP contribution >= 0.6 is 0 Å². The van der Waals surface area contributed by atoms with Gasteiger partial charge in [0.15, 0.2) is 5.82 Å². The number of nitrogens with zero attached hydrogens (tertiary/aromatic N) is 4. The highest BCUT2D eigenvalue weighted by Crippen LogP contribution is 2.30. The first-order valence-corrected chi connectivity index (χ1v) is 6.80. The molecule has 0 aliphatic carbocycles. The van der Waals surface area contributed by atoms with Gasteiger partial charge in [-0.15, -0.1) is 20.4 Å². The Balaban J connectivity index is 1.77. The predicted octanol–water partition coefficient (Wildman–Crippen LogP) is 3.54. The summed E-state index contributed by atoms with van der Waals surface area (Å²) in [6.07, 6.45) is -3.87. The Morgan fingerprint density at radius 3 is 1.91 bits per heavy atom. The van der Waals surface area contributed by atoms with E-state index in [1.54, 1.807) is 0 Å². The van der Waals surface area contributed by atoms with Gasteiger partial charge in [0.2, 0.25) is 5.82 Å². The highest BCUT2D eigenvalue weighted by Gasteiger charge is 2.30. The zero-order valence-corrected chi connectivity index (χ0v) is 11.8. The molecule has 0 saturated carbocycles. The molecule has 2 aromatic carbocycles. The van der Waals surface area contributed by atoms with Crippen LogP contribution in [0.25, 0.3) is 11.4 Å². The van der Waals surface area contributed by atoms with Crippen LogP contribution in [0.15, 0.2) is 54.6 Å². The topological polar surface area (TPSA) is 51.6 Å². The molecule has 0 saturated heterocycles. The van der Waals surface area contributed by atoms with Crippen LogP contribution in [0.5, 0.6) is 0 Å². The Morgan fingerprint density at radius 1 is 0.739 bits per heavy atom. The van der Waals surface area contributed by atoms with Crippen molar-refractivity contribution in [2.24, 2.45) is 0 Å².